The van der Waals surface area contributed by atoms with Gasteiger partial charge in [-0.1, -0.05) is 6.92 Å². The Morgan fingerprint density at radius 1 is 1.28 bits per heavy atom. The molecule has 1 aromatic heterocycles. The number of benzene rings is 1. The number of guanidine groups is 1. The lowest BCUT2D eigenvalue weighted by Crippen LogP contribution is -2.39. The van der Waals surface area contributed by atoms with Crippen LogP contribution in [0.5, 0.6) is 11.5 Å². The van der Waals surface area contributed by atoms with Crippen molar-refractivity contribution in [1.82, 2.24) is 25.4 Å². The molecule has 0 spiro atoms. The Labute approximate surface area is 186 Å². The van der Waals surface area contributed by atoms with Gasteiger partial charge in [-0.25, -0.2) is 4.99 Å². The van der Waals surface area contributed by atoms with Gasteiger partial charge in [0.05, 0.1) is 13.7 Å². The minimum absolute atomic E-state index is 0. The number of hydrogen-bond acceptors (Lipinski definition) is 5. The molecule has 162 valence electrons. The van der Waals surface area contributed by atoms with Crippen molar-refractivity contribution < 1.29 is 18.3 Å². The minimum Gasteiger partial charge on any atom is -0.497 e. The van der Waals surface area contributed by atoms with Crippen LogP contribution in [0.3, 0.4) is 0 Å². The van der Waals surface area contributed by atoms with Crippen LogP contribution in [0.4, 0.5) is 8.78 Å². The molecule has 1 aromatic carbocycles. The molecule has 8 nitrogen and oxygen atoms in total. The molecule has 2 aromatic rings. The van der Waals surface area contributed by atoms with Crippen LogP contribution in [0.2, 0.25) is 0 Å². The molecule has 0 saturated carbocycles. The van der Waals surface area contributed by atoms with E-state index in [0.717, 1.165) is 12.2 Å². The molecule has 1 heterocycles. The lowest BCUT2D eigenvalue weighted by Gasteiger charge is -2.14. The van der Waals surface area contributed by atoms with Crippen molar-refractivity contribution in [3.05, 3.63) is 35.9 Å². The Kier molecular flexibility index (Phi) is 11.2. The lowest BCUT2D eigenvalue weighted by molar-refractivity contribution is -0.0505. The second kappa shape index (κ2) is 13.1. The highest BCUT2D eigenvalue weighted by Gasteiger charge is 2.11. The number of ether oxygens (including phenoxy) is 2. The van der Waals surface area contributed by atoms with Crippen molar-refractivity contribution in [2.75, 3.05) is 20.2 Å². The highest BCUT2D eigenvalue weighted by Crippen LogP contribution is 2.27. The van der Waals surface area contributed by atoms with E-state index < -0.39 is 6.61 Å². The summed E-state index contributed by atoms with van der Waals surface area (Å²) in [6.07, 6.45) is 2.49. The van der Waals surface area contributed by atoms with Gasteiger partial charge in [0.25, 0.3) is 0 Å². The van der Waals surface area contributed by atoms with Gasteiger partial charge in [-0.05, 0) is 19.1 Å². The SMILES string of the molecule is CCNC(=NCc1ccc(OC)cc1OC(F)F)NCCn1cnnc1CC.I. The van der Waals surface area contributed by atoms with Crippen LogP contribution in [0.15, 0.2) is 29.5 Å². The largest absolute Gasteiger partial charge is 0.497 e. The van der Waals surface area contributed by atoms with Gasteiger partial charge in [-0.2, -0.15) is 8.78 Å². The Morgan fingerprint density at radius 3 is 2.72 bits per heavy atom. The molecule has 0 unspecified atom stereocenters. The summed E-state index contributed by atoms with van der Waals surface area (Å²) >= 11 is 0. The van der Waals surface area contributed by atoms with Crippen LogP contribution in [0.1, 0.15) is 25.2 Å². The number of methoxy groups -OCH3 is 1. The summed E-state index contributed by atoms with van der Waals surface area (Å²) in [7, 11) is 1.46. The maximum Gasteiger partial charge on any atom is 0.387 e. The zero-order chi connectivity index (χ0) is 20.4. The van der Waals surface area contributed by atoms with Crippen LogP contribution < -0.4 is 20.1 Å². The fourth-order valence-corrected chi connectivity index (χ4v) is 2.54. The molecular weight excluding hydrogens is 497 g/mol. The fourth-order valence-electron chi connectivity index (χ4n) is 2.54. The molecule has 0 amide bonds. The third-order valence-electron chi connectivity index (χ3n) is 3.90. The first kappa shape index (κ1) is 24.9. The van der Waals surface area contributed by atoms with E-state index in [2.05, 4.69) is 30.6 Å². The highest BCUT2D eigenvalue weighted by atomic mass is 127. The van der Waals surface area contributed by atoms with E-state index in [9.17, 15) is 8.78 Å². The molecule has 0 atom stereocenters. The molecule has 2 N–H and O–H groups in total. The van der Waals surface area contributed by atoms with Crippen LogP contribution in [0.25, 0.3) is 0 Å². The second-order valence-electron chi connectivity index (χ2n) is 5.77. The molecule has 0 aliphatic heterocycles. The lowest BCUT2D eigenvalue weighted by atomic mass is 10.2. The van der Waals surface area contributed by atoms with E-state index in [4.69, 9.17) is 4.74 Å². The Morgan fingerprint density at radius 2 is 2.07 bits per heavy atom. The quantitative estimate of drug-likeness (QED) is 0.283. The van der Waals surface area contributed by atoms with Crippen LogP contribution in [0, 0.1) is 0 Å². The number of nitrogens with zero attached hydrogens (tertiary/aromatic N) is 4. The van der Waals surface area contributed by atoms with Crippen molar-refractivity contribution in [2.45, 2.75) is 40.0 Å². The van der Waals surface area contributed by atoms with E-state index in [1.165, 1.54) is 13.2 Å². The molecule has 0 saturated heterocycles. The number of rotatable bonds is 10. The number of aliphatic imine (C=N–C) groups is 1. The molecular formula is C18H27F2IN6O2. The Bertz CT molecular complexity index is 773. The third-order valence-corrected chi connectivity index (χ3v) is 3.90. The number of aromatic nitrogens is 3. The highest BCUT2D eigenvalue weighted by molar-refractivity contribution is 14.0. The van der Waals surface area contributed by atoms with Crippen LogP contribution >= 0.6 is 24.0 Å². The third kappa shape index (κ3) is 7.99. The standard InChI is InChI=1S/C18H26F2N6O2.HI/c1-4-16-25-24-12-26(16)9-8-22-18(21-5-2)23-11-13-6-7-14(27-3)10-15(13)28-17(19)20;/h6-7,10,12,17H,4-5,8-9,11H2,1-3H3,(H2,21,22,23);1H. The van der Waals surface area contributed by atoms with Crippen LogP contribution in [-0.4, -0.2) is 47.5 Å². The van der Waals surface area contributed by atoms with Crippen molar-refractivity contribution in [3.63, 3.8) is 0 Å². The van der Waals surface area contributed by atoms with E-state index in [0.29, 0.717) is 36.9 Å². The smallest absolute Gasteiger partial charge is 0.387 e. The molecule has 29 heavy (non-hydrogen) atoms. The predicted molar refractivity (Wildman–Crippen MR) is 117 cm³/mol. The van der Waals surface area contributed by atoms with Crippen LogP contribution in [-0.2, 0) is 19.5 Å². The maximum atomic E-state index is 12.7. The van der Waals surface area contributed by atoms with Gasteiger partial charge < -0.3 is 24.7 Å². The van der Waals surface area contributed by atoms with Crippen molar-refractivity contribution in [1.29, 1.82) is 0 Å². The van der Waals surface area contributed by atoms with E-state index in [1.54, 1.807) is 18.5 Å². The summed E-state index contributed by atoms with van der Waals surface area (Å²) in [5, 5.41) is 14.3. The van der Waals surface area contributed by atoms with Gasteiger partial charge in [-0.15, -0.1) is 34.2 Å². The van der Waals surface area contributed by atoms with Gasteiger partial charge in [-0.3, -0.25) is 0 Å². The first-order valence-electron chi connectivity index (χ1n) is 9.07. The zero-order valence-electron chi connectivity index (χ0n) is 16.7. The summed E-state index contributed by atoms with van der Waals surface area (Å²) in [6.45, 7) is 3.19. The zero-order valence-corrected chi connectivity index (χ0v) is 19.0. The van der Waals surface area contributed by atoms with Gasteiger partial charge in [0, 0.05) is 37.7 Å². The van der Waals surface area contributed by atoms with E-state index in [1.807, 2.05) is 18.4 Å². The van der Waals surface area contributed by atoms with Gasteiger partial charge >= 0.3 is 6.61 Å². The molecule has 11 heteroatoms. The molecule has 0 aliphatic rings. The van der Waals surface area contributed by atoms with Crippen molar-refractivity contribution >= 4 is 29.9 Å². The summed E-state index contributed by atoms with van der Waals surface area (Å²) in [4.78, 5) is 4.46. The maximum absolute atomic E-state index is 12.7. The van der Waals surface area contributed by atoms with Crippen molar-refractivity contribution in [3.8, 4) is 11.5 Å². The van der Waals surface area contributed by atoms with E-state index >= 15 is 0 Å². The fraction of sp³-hybridized carbons (Fsp3) is 0.500. The second-order valence-corrected chi connectivity index (χ2v) is 5.77. The minimum atomic E-state index is -2.92. The molecule has 0 fully saturated rings. The summed E-state index contributed by atoms with van der Waals surface area (Å²) in [5.74, 6) is 1.98. The van der Waals surface area contributed by atoms with Gasteiger partial charge in [0.2, 0.25) is 0 Å². The molecule has 0 bridgehead atoms. The van der Waals surface area contributed by atoms with Gasteiger partial charge in [0.1, 0.15) is 23.7 Å². The number of halogens is 3. The number of hydrogen-bond donors (Lipinski definition) is 2. The topological polar surface area (TPSA) is 85.6 Å². The van der Waals surface area contributed by atoms with Crippen molar-refractivity contribution in [2.24, 2.45) is 4.99 Å². The predicted octanol–water partition coefficient (Wildman–Crippen LogP) is 2.82. The Balaban J connectivity index is 0.00000420. The normalized spacial score (nSPS) is 11.2. The Hall–Kier alpha value is -2.18. The summed E-state index contributed by atoms with van der Waals surface area (Å²) in [5.41, 5.74) is 0.533. The molecule has 2 rings (SSSR count). The average molecular weight is 524 g/mol. The van der Waals surface area contributed by atoms with E-state index in [-0.39, 0.29) is 36.3 Å². The first-order valence-corrected chi connectivity index (χ1v) is 9.07. The summed E-state index contributed by atoms with van der Waals surface area (Å²) < 4.78 is 37.0. The first-order chi connectivity index (χ1) is 13.6. The number of aryl methyl sites for hydroxylation is 1. The molecule has 0 radical (unpaired) electrons. The average Bonchev–Trinajstić information content (AvgIpc) is 3.13. The number of nitrogens with one attached hydrogen (secondary N) is 2. The summed E-state index contributed by atoms with van der Waals surface area (Å²) in [6, 6.07) is 4.77. The monoisotopic (exact) mass is 524 g/mol. The number of alkyl halides is 2. The van der Waals surface area contributed by atoms with Gasteiger partial charge in [0.15, 0.2) is 5.96 Å². The molecule has 0 aliphatic carbocycles.